The first-order valence-electron chi connectivity index (χ1n) is 8.85. The number of rotatable bonds is 13. The Balaban J connectivity index is 2.28. The Morgan fingerprint density at radius 3 is 2.11 bits per heavy atom. The van der Waals surface area contributed by atoms with E-state index >= 15 is 0 Å². The summed E-state index contributed by atoms with van der Waals surface area (Å²) in [6, 6.07) is 0. The summed E-state index contributed by atoms with van der Waals surface area (Å²) < 4.78 is 97.2. The summed E-state index contributed by atoms with van der Waals surface area (Å²) in [6.07, 6.45) is -18.7. The Morgan fingerprint density at radius 1 is 0.914 bits per heavy atom. The Bertz CT molecular complexity index is 908. The monoisotopic (exact) mass is 576 g/mol. The molecule has 0 aromatic carbocycles. The lowest BCUT2D eigenvalue weighted by atomic mass is 9.98. The molecule has 3 N–H and O–H groups in total. The van der Waals surface area contributed by atoms with Crippen LogP contribution in [0.25, 0.3) is 0 Å². The molecule has 2 rings (SSSR count). The van der Waals surface area contributed by atoms with E-state index in [1.165, 1.54) is 0 Å². The molecule has 2 aliphatic heterocycles. The minimum atomic E-state index is -5.62. The molecule has 0 aliphatic carbocycles. The number of hydrogen-bond acceptors (Lipinski definition) is 21. The first-order valence-corrected chi connectivity index (χ1v) is 12.2. The van der Waals surface area contributed by atoms with Crippen LogP contribution in [0.4, 0.5) is 0 Å². The zero-order valence-electron chi connectivity index (χ0n) is 16.6. The predicted molar refractivity (Wildman–Crippen MR) is 91.2 cm³/mol. The van der Waals surface area contributed by atoms with Gasteiger partial charge in [-0.2, -0.15) is 0 Å². The van der Waals surface area contributed by atoms with Crippen LogP contribution >= 0.6 is 12.3 Å². The van der Waals surface area contributed by atoms with Crippen LogP contribution in [0.15, 0.2) is 0 Å². The van der Waals surface area contributed by atoms with Crippen LogP contribution in [0.3, 0.4) is 0 Å². The Morgan fingerprint density at radius 2 is 1.57 bits per heavy atom. The van der Waals surface area contributed by atoms with Gasteiger partial charge in [-0.25, -0.2) is 16.8 Å². The lowest BCUT2D eigenvalue weighted by Crippen LogP contribution is -2.64. The van der Waals surface area contributed by atoms with Gasteiger partial charge in [-0.05, 0) is 0 Å². The maximum atomic E-state index is 11.2. The standard InChI is InChI=1S/C12H20O20S3/c13-5-3(2-26-34(19,20)21)27-4(1-25-33-32-31-18)8(5)28-12-10(30-35(22,23)24)7(15)6(14)9(29-12)11(16)17/h3-10,12-15,18H,1-2H2,(H,16,17)(H,19,20,21)(H,22,23,24)/p-4. The summed E-state index contributed by atoms with van der Waals surface area (Å²) in [5.74, 6) is -2.10. The van der Waals surface area contributed by atoms with Crippen molar-refractivity contribution in [3.8, 4) is 0 Å². The van der Waals surface area contributed by atoms with Crippen molar-refractivity contribution in [2.75, 3.05) is 13.2 Å². The fourth-order valence-corrected chi connectivity index (χ4v) is 4.09. The minimum Gasteiger partial charge on any atom is -0.726 e. The summed E-state index contributed by atoms with van der Waals surface area (Å²) in [4.78, 5) is 11.2. The molecule has 2 fully saturated rings. The molecule has 0 bridgehead atoms. The van der Waals surface area contributed by atoms with Crippen LogP contribution in [-0.4, -0.2) is 116 Å². The molecule has 0 amide bonds. The molecule has 35 heavy (non-hydrogen) atoms. The lowest BCUT2D eigenvalue weighted by molar-refractivity contribution is -0.777. The lowest BCUT2D eigenvalue weighted by Gasteiger charge is -2.43. The first-order chi connectivity index (χ1) is 16.1. The molecule has 206 valence electrons. The Kier molecular flexibility index (Phi) is 10.9. The molecule has 9 unspecified atom stereocenters. The van der Waals surface area contributed by atoms with Crippen LogP contribution in [0.2, 0.25) is 0 Å². The van der Waals surface area contributed by atoms with Gasteiger partial charge in [-0.15, -0.1) is 4.33 Å². The number of aliphatic hydroxyl groups excluding tert-OH is 3. The maximum absolute atomic E-state index is 11.2. The zero-order valence-corrected chi connectivity index (χ0v) is 19.1. The number of ether oxygens (including phenoxy) is 3. The molecule has 0 spiro atoms. The number of aliphatic hydroxyl groups is 3. The summed E-state index contributed by atoms with van der Waals surface area (Å²) in [7, 11) is -10.9. The molecular weight excluding hydrogens is 560 g/mol. The van der Waals surface area contributed by atoms with Crippen molar-refractivity contribution < 1.29 is 92.6 Å². The van der Waals surface area contributed by atoms with Crippen LogP contribution in [0, 0.1) is 0 Å². The smallest absolute Gasteiger partial charge is 0.218 e. The summed E-state index contributed by atoms with van der Waals surface area (Å²) in [6.45, 7) is -1.75. The molecule has 2 saturated heterocycles. The highest BCUT2D eigenvalue weighted by molar-refractivity contribution is 7.89. The van der Waals surface area contributed by atoms with Crippen molar-refractivity contribution in [2.45, 2.75) is 55.1 Å². The molecule has 0 radical (unpaired) electrons. The summed E-state index contributed by atoms with van der Waals surface area (Å²) in [5.41, 5.74) is 0. The number of carboxylic acids is 1. The van der Waals surface area contributed by atoms with Crippen LogP contribution in [0.1, 0.15) is 0 Å². The van der Waals surface area contributed by atoms with Crippen LogP contribution in [-0.2, 0) is 61.7 Å². The average molecular weight is 576 g/mol. The van der Waals surface area contributed by atoms with Crippen molar-refractivity contribution >= 4 is 39.1 Å². The Hall–Kier alpha value is -0.840. The number of carbonyl (C=O) groups excluding carboxylic acids is 1. The Labute approximate surface area is 200 Å². The third kappa shape index (κ3) is 8.90. The van der Waals surface area contributed by atoms with Crippen molar-refractivity contribution in [1.29, 1.82) is 0 Å². The van der Waals surface area contributed by atoms with E-state index in [2.05, 4.69) is 17.7 Å². The number of carbonyl (C=O) groups is 1. The van der Waals surface area contributed by atoms with E-state index in [9.17, 15) is 56.4 Å². The van der Waals surface area contributed by atoms with E-state index in [0.29, 0.717) is 0 Å². The van der Waals surface area contributed by atoms with Crippen molar-refractivity contribution in [1.82, 2.24) is 0 Å². The summed E-state index contributed by atoms with van der Waals surface area (Å²) >= 11 is -0.0430. The van der Waals surface area contributed by atoms with Gasteiger partial charge in [0.15, 0.2) is 24.7 Å². The van der Waals surface area contributed by atoms with E-state index in [1.54, 1.807) is 0 Å². The second kappa shape index (κ2) is 12.6. The SMILES string of the molecule is O=C([O-])C1OC(OC2C(COSOO[O-])OC(COS(=O)(=O)[O-])C2O)C(OS(=O)(=O)[O-])C(O)C1O. The van der Waals surface area contributed by atoms with Gasteiger partial charge in [-0.1, -0.05) is 0 Å². The fourth-order valence-electron chi connectivity index (χ4n) is 3.06. The van der Waals surface area contributed by atoms with E-state index < -0.39 is 95.1 Å². The third-order valence-electron chi connectivity index (χ3n) is 4.44. The van der Waals surface area contributed by atoms with E-state index in [4.69, 9.17) is 18.4 Å². The number of hydrogen-bond donors (Lipinski definition) is 3. The first kappa shape index (κ1) is 30.4. The normalized spacial score (nSPS) is 36.3. The highest BCUT2D eigenvalue weighted by Gasteiger charge is 2.52. The van der Waals surface area contributed by atoms with Gasteiger partial charge in [0.05, 0.1) is 19.2 Å². The van der Waals surface area contributed by atoms with Crippen LogP contribution in [0.5, 0.6) is 0 Å². The zero-order chi connectivity index (χ0) is 26.6. The van der Waals surface area contributed by atoms with Gasteiger partial charge in [0, 0.05) is 0 Å². The predicted octanol–water partition coefficient (Wildman–Crippen LogP) is -7.18. The van der Waals surface area contributed by atoms with E-state index in [-0.39, 0.29) is 12.3 Å². The molecule has 20 nitrogen and oxygen atoms in total. The number of aliphatic carboxylic acids is 1. The van der Waals surface area contributed by atoms with Gasteiger partial charge in [0.2, 0.25) is 20.8 Å². The van der Waals surface area contributed by atoms with Gasteiger partial charge in [-0.3, -0.25) is 17.6 Å². The second-order valence-electron chi connectivity index (χ2n) is 6.68. The van der Waals surface area contributed by atoms with Gasteiger partial charge >= 0.3 is 0 Å². The average Bonchev–Trinajstić information content (AvgIpc) is 3.02. The molecule has 0 aromatic heterocycles. The highest BCUT2D eigenvalue weighted by Crippen LogP contribution is 2.32. The maximum Gasteiger partial charge on any atom is 0.218 e. The highest BCUT2D eigenvalue weighted by atomic mass is 32.3. The molecule has 0 saturated carbocycles. The van der Waals surface area contributed by atoms with Crippen LogP contribution < -0.4 is 10.4 Å². The van der Waals surface area contributed by atoms with Crippen molar-refractivity contribution in [3.63, 3.8) is 0 Å². The fraction of sp³-hybridized carbons (Fsp3) is 0.917. The molecule has 23 heteroatoms. The molecule has 9 atom stereocenters. The van der Waals surface area contributed by atoms with Crippen molar-refractivity contribution in [3.05, 3.63) is 0 Å². The van der Waals surface area contributed by atoms with E-state index in [1.807, 2.05) is 0 Å². The molecule has 0 aromatic rings. The molecule has 2 aliphatic rings. The number of carboxylic acid groups (broad SMARTS) is 1. The van der Waals surface area contributed by atoms with Crippen molar-refractivity contribution in [2.24, 2.45) is 0 Å². The minimum absolute atomic E-state index is 0.0430. The largest absolute Gasteiger partial charge is 0.726 e. The van der Waals surface area contributed by atoms with Gasteiger partial charge in [0.1, 0.15) is 42.7 Å². The van der Waals surface area contributed by atoms with E-state index in [0.717, 1.165) is 0 Å². The molecule has 2 heterocycles. The van der Waals surface area contributed by atoms with Gasteiger partial charge < -0.3 is 53.8 Å². The second-order valence-corrected chi connectivity index (χ2v) is 9.25. The molecular formula is C12H16O20S3-4. The third-order valence-corrected chi connectivity index (χ3v) is 5.67. The summed E-state index contributed by atoms with van der Waals surface area (Å²) in [5, 5.41) is 54.4. The topological polar surface area (TPSA) is 312 Å². The van der Waals surface area contributed by atoms with Gasteiger partial charge in [0.25, 0.3) is 0 Å². The quantitative estimate of drug-likeness (QED) is 0.0457.